The molecule has 0 aliphatic carbocycles. The van der Waals surface area contributed by atoms with E-state index in [0.717, 1.165) is 21.4 Å². The summed E-state index contributed by atoms with van der Waals surface area (Å²) in [7, 11) is 1.45. The number of nitrogens with one attached hydrogen (secondary N) is 1. The van der Waals surface area contributed by atoms with Gasteiger partial charge in [-0.2, -0.15) is 0 Å². The minimum atomic E-state index is -0.359. The summed E-state index contributed by atoms with van der Waals surface area (Å²) in [6.45, 7) is 2.50. The Hall–Kier alpha value is -1.62. The number of aromatic nitrogens is 1. The lowest BCUT2D eigenvalue weighted by Gasteiger charge is -2.08. The zero-order valence-electron chi connectivity index (χ0n) is 10.7. The molecule has 0 aliphatic heterocycles. The van der Waals surface area contributed by atoms with Crippen LogP contribution in [0.15, 0.2) is 34.9 Å². The normalized spacial score (nSPS) is 10.3. The van der Waals surface area contributed by atoms with E-state index in [0.29, 0.717) is 6.54 Å². The summed E-state index contributed by atoms with van der Waals surface area (Å²) in [5, 5.41) is 3.15. The van der Waals surface area contributed by atoms with Crippen molar-refractivity contribution in [2.45, 2.75) is 13.5 Å². The molecule has 0 aliphatic rings. The van der Waals surface area contributed by atoms with E-state index in [-0.39, 0.29) is 11.6 Å². The van der Waals surface area contributed by atoms with Gasteiger partial charge in [0, 0.05) is 17.2 Å². The van der Waals surface area contributed by atoms with E-state index in [1.54, 1.807) is 12.3 Å². The number of benzene rings is 1. The van der Waals surface area contributed by atoms with Crippen molar-refractivity contribution in [3.63, 3.8) is 0 Å². The third-order valence-electron chi connectivity index (χ3n) is 2.74. The minimum Gasteiger partial charge on any atom is -0.494 e. The molecule has 2 aromatic rings. The summed E-state index contributed by atoms with van der Waals surface area (Å²) in [5.41, 5.74) is 1.93. The van der Waals surface area contributed by atoms with Crippen molar-refractivity contribution >= 4 is 21.7 Å². The average Bonchev–Trinajstić information content (AvgIpc) is 2.40. The predicted octanol–water partition coefficient (Wildman–Crippen LogP) is 3.91. The van der Waals surface area contributed by atoms with Gasteiger partial charge in [-0.15, -0.1) is 0 Å². The summed E-state index contributed by atoms with van der Waals surface area (Å²) < 4.78 is 19.4. The quantitative estimate of drug-likeness (QED) is 0.925. The lowest BCUT2D eigenvalue weighted by Crippen LogP contribution is -2.02. The standard InChI is InChI=1S/C14H14BrFN2O/c1-9-5-14(18-8-11(9)15)17-7-10-3-4-13(19-2)12(16)6-10/h3-6,8H,7H2,1-2H3,(H,17,18). The number of ether oxygens (including phenoxy) is 1. The number of aryl methyl sites for hydroxylation is 1. The van der Waals surface area contributed by atoms with Crippen molar-refractivity contribution in [3.8, 4) is 5.75 Å². The largest absolute Gasteiger partial charge is 0.494 e. The first-order valence-corrected chi connectivity index (χ1v) is 6.58. The molecule has 5 heteroatoms. The number of anilines is 1. The Bertz CT molecular complexity index is 590. The zero-order chi connectivity index (χ0) is 13.8. The third kappa shape index (κ3) is 3.44. The first kappa shape index (κ1) is 13.8. The SMILES string of the molecule is COc1ccc(CNc2cc(C)c(Br)cn2)cc1F. The van der Waals surface area contributed by atoms with Gasteiger partial charge in [-0.25, -0.2) is 9.37 Å². The van der Waals surface area contributed by atoms with E-state index in [1.807, 2.05) is 19.1 Å². The van der Waals surface area contributed by atoms with E-state index >= 15 is 0 Å². The van der Waals surface area contributed by atoms with Gasteiger partial charge in [0.2, 0.25) is 0 Å². The van der Waals surface area contributed by atoms with Crippen molar-refractivity contribution in [1.82, 2.24) is 4.98 Å². The molecule has 0 bridgehead atoms. The maximum atomic E-state index is 13.5. The van der Waals surface area contributed by atoms with Gasteiger partial charge in [-0.1, -0.05) is 6.07 Å². The molecule has 0 radical (unpaired) electrons. The number of methoxy groups -OCH3 is 1. The van der Waals surface area contributed by atoms with Gasteiger partial charge in [0.25, 0.3) is 0 Å². The molecule has 0 saturated heterocycles. The highest BCUT2D eigenvalue weighted by atomic mass is 79.9. The maximum Gasteiger partial charge on any atom is 0.165 e. The van der Waals surface area contributed by atoms with Crippen LogP contribution in [0.3, 0.4) is 0 Å². The summed E-state index contributed by atoms with van der Waals surface area (Å²) in [5.74, 6) is 0.653. The summed E-state index contributed by atoms with van der Waals surface area (Å²) >= 11 is 3.40. The van der Waals surface area contributed by atoms with Gasteiger partial charge in [-0.3, -0.25) is 0 Å². The monoisotopic (exact) mass is 324 g/mol. The molecule has 0 amide bonds. The highest BCUT2D eigenvalue weighted by molar-refractivity contribution is 9.10. The maximum absolute atomic E-state index is 13.5. The van der Waals surface area contributed by atoms with Crippen LogP contribution in [-0.2, 0) is 6.54 Å². The number of nitrogens with zero attached hydrogens (tertiary/aromatic N) is 1. The Balaban J connectivity index is 2.05. The number of pyridine rings is 1. The highest BCUT2D eigenvalue weighted by Crippen LogP contribution is 2.20. The second-order valence-electron chi connectivity index (χ2n) is 4.14. The Kier molecular flexibility index (Phi) is 4.37. The average molecular weight is 325 g/mol. The second-order valence-corrected chi connectivity index (χ2v) is 5.00. The van der Waals surface area contributed by atoms with Gasteiger partial charge in [0.15, 0.2) is 11.6 Å². The van der Waals surface area contributed by atoms with Crippen LogP contribution in [0.5, 0.6) is 5.75 Å². The van der Waals surface area contributed by atoms with Crippen LogP contribution >= 0.6 is 15.9 Å². The molecule has 0 unspecified atom stereocenters. The van der Waals surface area contributed by atoms with Crippen LogP contribution in [0.2, 0.25) is 0 Å². The molecule has 0 saturated carbocycles. The fourth-order valence-corrected chi connectivity index (χ4v) is 1.87. The van der Waals surface area contributed by atoms with E-state index in [2.05, 4.69) is 26.2 Å². The first-order valence-electron chi connectivity index (χ1n) is 5.78. The fraction of sp³-hybridized carbons (Fsp3) is 0.214. The molecule has 0 atom stereocenters. The van der Waals surface area contributed by atoms with Crippen molar-refractivity contribution in [2.24, 2.45) is 0 Å². The summed E-state index contributed by atoms with van der Waals surface area (Å²) in [6.07, 6.45) is 1.74. The molecule has 0 spiro atoms. The van der Waals surface area contributed by atoms with Crippen molar-refractivity contribution in [2.75, 3.05) is 12.4 Å². The lowest BCUT2D eigenvalue weighted by atomic mass is 10.2. The first-order chi connectivity index (χ1) is 9.10. The summed E-state index contributed by atoms with van der Waals surface area (Å²) in [4.78, 5) is 4.23. The fourth-order valence-electron chi connectivity index (χ4n) is 1.65. The molecule has 100 valence electrons. The van der Waals surface area contributed by atoms with Crippen LogP contribution < -0.4 is 10.1 Å². The van der Waals surface area contributed by atoms with E-state index < -0.39 is 0 Å². The van der Waals surface area contributed by atoms with Crippen LogP contribution in [-0.4, -0.2) is 12.1 Å². The lowest BCUT2D eigenvalue weighted by molar-refractivity contribution is 0.386. The number of hydrogen-bond donors (Lipinski definition) is 1. The van der Waals surface area contributed by atoms with Gasteiger partial charge in [0.05, 0.1) is 7.11 Å². The molecule has 19 heavy (non-hydrogen) atoms. The van der Waals surface area contributed by atoms with E-state index in [1.165, 1.54) is 13.2 Å². The molecule has 1 aromatic carbocycles. The van der Waals surface area contributed by atoms with E-state index in [4.69, 9.17) is 4.74 Å². The van der Waals surface area contributed by atoms with Crippen LogP contribution in [0, 0.1) is 12.7 Å². The smallest absolute Gasteiger partial charge is 0.165 e. The van der Waals surface area contributed by atoms with Crippen molar-refractivity contribution in [1.29, 1.82) is 0 Å². The molecule has 1 heterocycles. The van der Waals surface area contributed by atoms with Gasteiger partial charge in [-0.05, 0) is 52.2 Å². The number of halogens is 2. The van der Waals surface area contributed by atoms with Gasteiger partial charge >= 0.3 is 0 Å². The molecule has 1 N–H and O–H groups in total. The molecule has 3 nitrogen and oxygen atoms in total. The van der Waals surface area contributed by atoms with Crippen molar-refractivity contribution < 1.29 is 9.13 Å². The van der Waals surface area contributed by atoms with Gasteiger partial charge in [0.1, 0.15) is 5.82 Å². The highest BCUT2D eigenvalue weighted by Gasteiger charge is 2.04. The zero-order valence-corrected chi connectivity index (χ0v) is 12.3. The van der Waals surface area contributed by atoms with Crippen LogP contribution in [0.4, 0.5) is 10.2 Å². The molecule has 0 fully saturated rings. The molecule has 2 rings (SSSR count). The molecular weight excluding hydrogens is 311 g/mol. The molecular formula is C14H14BrFN2O. The van der Waals surface area contributed by atoms with Gasteiger partial charge < -0.3 is 10.1 Å². The third-order valence-corrected chi connectivity index (χ3v) is 3.57. The van der Waals surface area contributed by atoms with Crippen molar-refractivity contribution in [3.05, 3.63) is 51.9 Å². The van der Waals surface area contributed by atoms with E-state index in [9.17, 15) is 4.39 Å². The Morgan fingerprint density at radius 1 is 1.37 bits per heavy atom. The Morgan fingerprint density at radius 2 is 2.16 bits per heavy atom. The van der Waals surface area contributed by atoms with Crippen LogP contribution in [0.25, 0.3) is 0 Å². The molecule has 1 aromatic heterocycles. The van der Waals surface area contributed by atoms with Crippen LogP contribution in [0.1, 0.15) is 11.1 Å². The Labute approximate surface area is 119 Å². The Morgan fingerprint density at radius 3 is 2.79 bits per heavy atom. The number of hydrogen-bond acceptors (Lipinski definition) is 3. The predicted molar refractivity (Wildman–Crippen MR) is 77.0 cm³/mol. The topological polar surface area (TPSA) is 34.1 Å². The second kappa shape index (κ2) is 6.02. The summed E-state index contributed by atoms with van der Waals surface area (Å²) in [6, 6.07) is 6.83. The number of rotatable bonds is 4. The minimum absolute atomic E-state index is 0.251.